The van der Waals surface area contributed by atoms with Crippen molar-refractivity contribution < 1.29 is 28.6 Å². The maximum Gasteiger partial charge on any atom is 0.220 e. The predicted octanol–water partition coefficient (Wildman–Crippen LogP) is 4.52. The number of Topliss-reactive ketones (excluding diaryl/α,β-unsaturated/α-hetero) is 1. The van der Waals surface area contributed by atoms with Crippen LogP contribution in [0.15, 0.2) is 6.20 Å². The van der Waals surface area contributed by atoms with E-state index in [-0.39, 0.29) is 29.2 Å². The molecule has 2 N–H and O–H groups in total. The van der Waals surface area contributed by atoms with Gasteiger partial charge in [-0.3, -0.25) is 19.1 Å². The molecule has 1 rings (SSSR count). The number of unbranched alkanes of at least 4 members (excludes halogenated alkanes) is 2. The smallest absolute Gasteiger partial charge is 0.220 e. The van der Waals surface area contributed by atoms with E-state index in [2.05, 4.69) is 48.6 Å². The number of carbonyl (C=O) groups excluding carboxylic acids is 3. The number of nitrogens with one attached hydrogen (secondary N) is 2. The summed E-state index contributed by atoms with van der Waals surface area (Å²) >= 11 is 0. The third kappa shape index (κ3) is 22.6. The molecule has 0 bridgehead atoms. The molecule has 1 heterocycles. The Hall–Kier alpha value is -1.94. The summed E-state index contributed by atoms with van der Waals surface area (Å²) in [5, 5.41) is 14.5. The molecule has 0 radical (unpaired) electrons. The number of amides is 2. The second-order valence-electron chi connectivity index (χ2n) is 13.0. The van der Waals surface area contributed by atoms with Gasteiger partial charge in [-0.1, -0.05) is 47.9 Å². The largest absolute Gasteiger partial charge is 0.379 e. The lowest BCUT2D eigenvalue weighted by atomic mass is 10.1. The highest BCUT2D eigenvalue weighted by Crippen LogP contribution is 2.19. The lowest BCUT2D eigenvalue weighted by molar-refractivity contribution is -0.123. The highest BCUT2D eigenvalue weighted by Gasteiger charge is 2.18. The van der Waals surface area contributed by atoms with E-state index >= 15 is 0 Å². The van der Waals surface area contributed by atoms with E-state index in [1.165, 1.54) is 0 Å². The van der Waals surface area contributed by atoms with E-state index < -0.39 is 0 Å². The second kappa shape index (κ2) is 23.4. The maximum atomic E-state index is 12.5. The monoisotopic (exact) mass is 641 g/mol. The molecule has 0 fully saturated rings. The normalized spacial score (nSPS) is 12.2. The number of ketones is 1. The summed E-state index contributed by atoms with van der Waals surface area (Å²) in [6, 6.07) is -0.137. The van der Waals surface area contributed by atoms with Gasteiger partial charge >= 0.3 is 0 Å². The van der Waals surface area contributed by atoms with Gasteiger partial charge in [0, 0.05) is 51.5 Å². The van der Waals surface area contributed by atoms with Gasteiger partial charge in [-0.2, -0.15) is 0 Å². The zero-order chi connectivity index (χ0) is 32.8. The van der Waals surface area contributed by atoms with Crippen LogP contribution in [0, 0.1) is 11.8 Å². The predicted molar refractivity (Wildman–Crippen MR) is 176 cm³/mol. The van der Waals surface area contributed by atoms with Gasteiger partial charge in [0.1, 0.15) is 5.78 Å². The fourth-order valence-electron chi connectivity index (χ4n) is 4.19. The number of aryl methyl sites for hydroxylation is 2. The van der Waals surface area contributed by atoms with Crippen LogP contribution in [0.2, 0.25) is 0 Å². The molecule has 11 nitrogen and oxygen atoms in total. The zero-order valence-electron chi connectivity index (χ0n) is 28.4. The first kappa shape index (κ1) is 40.1. The topological polar surface area (TPSA) is 134 Å². The lowest BCUT2D eigenvalue weighted by Gasteiger charge is -2.25. The van der Waals surface area contributed by atoms with Crippen molar-refractivity contribution in [2.24, 2.45) is 11.8 Å². The van der Waals surface area contributed by atoms with Gasteiger partial charge in [0.15, 0.2) is 0 Å². The number of ether oxygens (including phenoxy) is 3. The number of rotatable bonds is 27. The quantitative estimate of drug-likeness (QED) is 0.106. The van der Waals surface area contributed by atoms with Crippen LogP contribution in [0.3, 0.4) is 0 Å². The van der Waals surface area contributed by atoms with Crippen LogP contribution in [0.5, 0.6) is 0 Å². The number of hydrogen-bond acceptors (Lipinski definition) is 8. The molecule has 1 aromatic rings. The fourth-order valence-corrected chi connectivity index (χ4v) is 5.14. The Balaban J connectivity index is 2.20. The second-order valence-corrected chi connectivity index (χ2v) is 14.2. The molecule has 1 unspecified atom stereocenters. The van der Waals surface area contributed by atoms with Crippen LogP contribution in [0.25, 0.3) is 0 Å². The fraction of sp³-hybridized carbons (Fsp3) is 0.844. The molecule has 0 aromatic carbocycles. The Bertz CT molecular complexity index is 926. The SMILES string of the molecule is CC(=O)CPCOC(C)(C)CCNC(=O)CCCc1cn(CCCCCC(=O)NC(COCC(C)C)COCC(C)C)nn1. The summed E-state index contributed by atoms with van der Waals surface area (Å²) < 4.78 is 19.2. The van der Waals surface area contributed by atoms with E-state index in [4.69, 9.17) is 14.2 Å². The number of carbonyl (C=O) groups is 3. The molecule has 2 amide bonds. The Morgan fingerprint density at radius 2 is 1.59 bits per heavy atom. The van der Waals surface area contributed by atoms with Gasteiger partial charge in [0.2, 0.25) is 11.8 Å². The first-order valence-corrected chi connectivity index (χ1v) is 17.7. The summed E-state index contributed by atoms with van der Waals surface area (Å²) in [4.78, 5) is 35.8. The first-order valence-electron chi connectivity index (χ1n) is 16.3. The van der Waals surface area contributed by atoms with Crippen molar-refractivity contribution in [3.63, 3.8) is 0 Å². The van der Waals surface area contributed by atoms with Gasteiger partial charge in [-0.05, 0) is 64.7 Å². The molecule has 0 saturated carbocycles. The maximum absolute atomic E-state index is 12.5. The Morgan fingerprint density at radius 3 is 2.23 bits per heavy atom. The summed E-state index contributed by atoms with van der Waals surface area (Å²) in [5.74, 6) is 1.13. The van der Waals surface area contributed by atoms with E-state index in [9.17, 15) is 14.4 Å². The van der Waals surface area contributed by atoms with Crippen molar-refractivity contribution >= 4 is 26.2 Å². The lowest BCUT2D eigenvalue weighted by Crippen LogP contribution is -2.42. The summed E-state index contributed by atoms with van der Waals surface area (Å²) in [6.45, 7) is 17.6. The van der Waals surface area contributed by atoms with E-state index in [0.717, 1.165) is 31.5 Å². The number of hydrogen-bond donors (Lipinski definition) is 2. The van der Waals surface area contributed by atoms with Crippen LogP contribution >= 0.6 is 8.58 Å². The van der Waals surface area contributed by atoms with Gasteiger partial charge in [0.05, 0.1) is 36.9 Å². The number of nitrogens with zero attached hydrogens (tertiary/aromatic N) is 3. The molecular weight excluding hydrogens is 581 g/mol. The van der Waals surface area contributed by atoms with Gasteiger partial charge in [-0.15, -0.1) is 5.10 Å². The zero-order valence-corrected chi connectivity index (χ0v) is 29.4. The Labute approximate surface area is 267 Å². The highest BCUT2D eigenvalue weighted by atomic mass is 31.1. The summed E-state index contributed by atoms with van der Waals surface area (Å²) in [6.07, 6.45) is 8.73. The first-order chi connectivity index (χ1) is 20.9. The van der Waals surface area contributed by atoms with Crippen LogP contribution in [0.4, 0.5) is 0 Å². The van der Waals surface area contributed by atoms with E-state index in [1.54, 1.807) is 6.92 Å². The van der Waals surface area contributed by atoms with Crippen molar-refractivity contribution in [2.75, 3.05) is 45.5 Å². The van der Waals surface area contributed by atoms with Crippen molar-refractivity contribution in [1.29, 1.82) is 0 Å². The van der Waals surface area contributed by atoms with E-state index in [1.807, 2.05) is 24.7 Å². The summed E-state index contributed by atoms with van der Waals surface area (Å²) in [7, 11) is 0.476. The molecule has 0 saturated heterocycles. The Morgan fingerprint density at radius 1 is 0.932 bits per heavy atom. The van der Waals surface area contributed by atoms with E-state index in [0.29, 0.717) is 98.0 Å². The van der Waals surface area contributed by atoms with Crippen molar-refractivity contribution in [3.05, 3.63) is 11.9 Å². The molecule has 1 atom stereocenters. The number of aromatic nitrogens is 3. The van der Waals surface area contributed by atoms with Crippen molar-refractivity contribution in [1.82, 2.24) is 25.6 Å². The molecular formula is C32H60N5O6P. The van der Waals surface area contributed by atoms with Crippen LogP contribution in [-0.2, 0) is 41.6 Å². The summed E-state index contributed by atoms with van der Waals surface area (Å²) in [5.41, 5.74) is 0.541. The Kier molecular flexibility index (Phi) is 21.3. The van der Waals surface area contributed by atoms with Crippen molar-refractivity contribution in [3.8, 4) is 0 Å². The molecule has 0 aliphatic carbocycles. The standard InChI is InChI=1S/C32H60N5O6P/c1-25(2)19-41-21-29(22-42-20-26(3)4)34-31(40)13-9-8-10-17-37-18-28(35-36-37)12-11-14-30(39)33-16-15-32(6,7)43-24-44-23-27(5)38/h18,25-26,29,44H,8-17,19-24H2,1-7H3,(H,33,39)(H,34,40). The minimum absolute atomic E-state index is 0.0215. The van der Waals surface area contributed by atoms with Gasteiger partial charge < -0.3 is 24.8 Å². The molecule has 0 aliphatic rings. The van der Waals surface area contributed by atoms with Gasteiger partial charge in [-0.25, -0.2) is 0 Å². The van der Waals surface area contributed by atoms with Crippen molar-refractivity contribution in [2.45, 2.75) is 118 Å². The van der Waals surface area contributed by atoms with Gasteiger partial charge in [0.25, 0.3) is 0 Å². The third-order valence-corrected chi connectivity index (χ3v) is 7.70. The average molecular weight is 642 g/mol. The highest BCUT2D eigenvalue weighted by molar-refractivity contribution is 7.39. The average Bonchev–Trinajstić information content (AvgIpc) is 3.37. The molecule has 12 heteroatoms. The molecule has 0 aliphatic heterocycles. The minimum atomic E-state index is -0.338. The third-order valence-electron chi connectivity index (χ3n) is 6.61. The molecule has 44 heavy (non-hydrogen) atoms. The van der Waals surface area contributed by atoms with Crippen LogP contribution in [-0.4, -0.2) is 89.7 Å². The minimum Gasteiger partial charge on any atom is -0.379 e. The molecule has 254 valence electrons. The van der Waals surface area contributed by atoms with Crippen LogP contribution in [0.1, 0.15) is 99.1 Å². The molecule has 1 aromatic heterocycles. The molecule has 0 spiro atoms. The van der Waals surface area contributed by atoms with Crippen LogP contribution < -0.4 is 10.6 Å².